The molecule has 0 radical (unpaired) electrons. The van der Waals surface area contributed by atoms with E-state index < -0.39 is 5.97 Å². The second-order valence-corrected chi connectivity index (χ2v) is 4.17. The van der Waals surface area contributed by atoms with Gasteiger partial charge in [0.05, 0.1) is 0 Å². The van der Waals surface area contributed by atoms with Crippen molar-refractivity contribution in [2.24, 2.45) is 0 Å². The molecule has 1 heterocycles. The summed E-state index contributed by atoms with van der Waals surface area (Å²) in [5.74, 6) is -0.124. The van der Waals surface area contributed by atoms with Crippen molar-refractivity contribution in [3.8, 4) is 11.4 Å². The lowest BCUT2D eigenvalue weighted by atomic mass is 10.1. The first kappa shape index (κ1) is 13.0. The van der Waals surface area contributed by atoms with Crippen LogP contribution in [-0.4, -0.2) is 27.6 Å². The van der Waals surface area contributed by atoms with Crippen molar-refractivity contribution >= 4 is 11.8 Å². The Morgan fingerprint density at radius 3 is 2.74 bits per heavy atom. The molecule has 19 heavy (non-hydrogen) atoms. The average molecular weight is 257 g/mol. The third-order valence-electron chi connectivity index (χ3n) is 2.58. The lowest BCUT2D eigenvalue weighted by Crippen LogP contribution is -2.07. The molecule has 0 spiro atoms. The summed E-state index contributed by atoms with van der Waals surface area (Å²) in [6.45, 7) is 4.56. The number of nitrogens with zero attached hydrogens (tertiary/aromatic N) is 2. The minimum atomic E-state index is -1.06. The quantitative estimate of drug-likeness (QED) is 0.880. The Kier molecular flexibility index (Phi) is 3.75. The summed E-state index contributed by atoms with van der Waals surface area (Å²) in [5.41, 5.74) is 1.87. The van der Waals surface area contributed by atoms with E-state index in [-0.39, 0.29) is 5.69 Å². The van der Waals surface area contributed by atoms with Gasteiger partial charge in [0.1, 0.15) is 5.82 Å². The lowest BCUT2D eigenvalue weighted by Gasteiger charge is -2.07. The number of nitrogens with one attached hydrogen (secondary N) is 1. The van der Waals surface area contributed by atoms with Crippen molar-refractivity contribution in [2.45, 2.75) is 13.8 Å². The second-order valence-electron chi connectivity index (χ2n) is 4.17. The number of benzene rings is 1. The van der Waals surface area contributed by atoms with E-state index in [9.17, 15) is 4.79 Å². The predicted molar refractivity (Wildman–Crippen MR) is 73.3 cm³/mol. The van der Waals surface area contributed by atoms with E-state index in [0.29, 0.717) is 18.2 Å². The molecule has 2 N–H and O–H groups in total. The summed E-state index contributed by atoms with van der Waals surface area (Å²) in [6, 6.07) is 9.09. The Labute approximate surface area is 111 Å². The molecular weight excluding hydrogens is 242 g/mol. The van der Waals surface area contributed by atoms with Crippen molar-refractivity contribution in [3.05, 3.63) is 41.6 Å². The van der Waals surface area contributed by atoms with Crippen LogP contribution in [0.2, 0.25) is 0 Å². The summed E-state index contributed by atoms with van der Waals surface area (Å²) in [6.07, 6.45) is 0. The molecule has 0 aliphatic heterocycles. The van der Waals surface area contributed by atoms with Crippen LogP contribution in [0.5, 0.6) is 0 Å². The molecule has 98 valence electrons. The second kappa shape index (κ2) is 5.48. The van der Waals surface area contributed by atoms with Gasteiger partial charge in [0, 0.05) is 18.2 Å². The maximum absolute atomic E-state index is 11.1. The molecule has 2 rings (SSSR count). The first-order valence-corrected chi connectivity index (χ1v) is 6.03. The normalized spacial score (nSPS) is 10.2. The van der Waals surface area contributed by atoms with Gasteiger partial charge in [-0.1, -0.05) is 23.8 Å². The number of anilines is 1. The number of carbonyl (C=O) groups is 1. The Morgan fingerprint density at radius 2 is 2.11 bits per heavy atom. The number of hydrogen-bond donors (Lipinski definition) is 2. The minimum absolute atomic E-state index is 0.0116. The largest absolute Gasteiger partial charge is 0.477 e. The van der Waals surface area contributed by atoms with Gasteiger partial charge in [0.15, 0.2) is 11.5 Å². The van der Waals surface area contributed by atoms with Crippen LogP contribution in [0.3, 0.4) is 0 Å². The molecule has 0 saturated carbocycles. The van der Waals surface area contributed by atoms with Crippen molar-refractivity contribution in [3.63, 3.8) is 0 Å². The van der Waals surface area contributed by atoms with Crippen molar-refractivity contribution in [1.29, 1.82) is 0 Å². The van der Waals surface area contributed by atoms with Gasteiger partial charge in [-0.25, -0.2) is 14.8 Å². The molecule has 1 aromatic heterocycles. The summed E-state index contributed by atoms with van der Waals surface area (Å²) in [5, 5.41) is 12.1. The zero-order chi connectivity index (χ0) is 13.8. The smallest absolute Gasteiger partial charge is 0.354 e. The summed E-state index contributed by atoms with van der Waals surface area (Å²) in [4.78, 5) is 19.5. The third kappa shape index (κ3) is 3.07. The van der Waals surface area contributed by atoms with Crippen molar-refractivity contribution in [2.75, 3.05) is 11.9 Å². The van der Waals surface area contributed by atoms with Crippen LogP contribution in [0, 0.1) is 6.92 Å². The minimum Gasteiger partial charge on any atom is -0.477 e. The van der Waals surface area contributed by atoms with Crippen LogP contribution in [0.25, 0.3) is 11.4 Å². The summed E-state index contributed by atoms with van der Waals surface area (Å²) in [7, 11) is 0. The van der Waals surface area contributed by atoms with Gasteiger partial charge in [0.2, 0.25) is 0 Å². The molecular formula is C14H15N3O2. The number of rotatable bonds is 4. The molecule has 0 aliphatic rings. The Balaban J connectivity index is 2.52. The molecule has 0 fully saturated rings. The Hall–Kier alpha value is -2.43. The first-order valence-electron chi connectivity index (χ1n) is 6.03. The van der Waals surface area contributed by atoms with Crippen LogP contribution in [0.4, 0.5) is 5.82 Å². The van der Waals surface area contributed by atoms with E-state index in [2.05, 4.69) is 15.3 Å². The molecule has 5 heteroatoms. The fourth-order valence-electron chi connectivity index (χ4n) is 1.74. The van der Waals surface area contributed by atoms with Crippen LogP contribution in [-0.2, 0) is 0 Å². The molecule has 0 unspecified atom stereocenters. The maximum Gasteiger partial charge on any atom is 0.354 e. The van der Waals surface area contributed by atoms with E-state index in [0.717, 1.165) is 11.1 Å². The van der Waals surface area contributed by atoms with E-state index in [1.807, 2.05) is 38.1 Å². The fourth-order valence-corrected chi connectivity index (χ4v) is 1.74. The van der Waals surface area contributed by atoms with Gasteiger partial charge in [-0.3, -0.25) is 0 Å². The monoisotopic (exact) mass is 257 g/mol. The highest BCUT2D eigenvalue weighted by molar-refractivity contribution is 5.87. The molecule has 0 aliphatic carbocycles. The molecule has 0 bridgehead atoms. The average Bonchev–Trinajstić information content (AvgIpc) is 2.38. The summed E-state index contributed by atoms with van der Waals surface area (Å²) >= 11 is 0. The standard InChI is InChI=1S/C14H15N3O2/c1-3-15-12-8-11(14(18)19)16-13(17-12)10-6-4-5-9(2)7-10/h4-8H,3H2,1-2H3,(H,18,19)(H,15,16,17). The molecule has 0 saturated heterocycles. The van der Waals surface area contributed by atoms with Crippen LogP contribution >= 0.6 is 0 Å². The van der Waals surface area contributed by atoms with Crippen molar-refractivity contribution < 1.29 is 9.90 Å². The Bertz CT molecular complexity index is 611. The van der Waals surface area contributed by atoms with Crippen LogP contribution < -0.4 is 5.32 Å². The van der Waals surface area contributed by atoms with Crippen LogP contribution in [0.1, 0.15) is 23.0 Å². The van der Waals surface area contributed by atoms with Gasteiger partial charge in [-0.2, -0.15) is 0 Å². The SMILES string of the molecule is CCNc1cc(C(=O)O)nc(-c2cccc(C)c2)n1. The zero-order valence-corrected chi connectivity index (χ0v) is 10.8. The highest BCUT2D eigenvalue weighted by Gasteiger charge is 2.11. The van der Waals surface area contributed by atoms with E-state index in [4.69, 9.17) is 5.11 Å². The molecule has 0 atom stereocenters. The molecule has 0 amide bonds. The topological polar surface area (TPSA) is 75.1 Å². The number of carboxylic acids is 1. The maximum atomic E-state index is 11.1. The predicted octanol–water partition coefficient (Wildman–Crippen LogP) is 2.58. The van der Waals surface area contributed by atoms with Crippen LogP contribution in [0.15, 0.2) is 30.3 Å². The highest BCUT2D eigenvalue weighted by Crippen LogP contribution is 2.19. The molecule has 2 aromatic rings. The summed E-state index contributed by atoms with van der Waals surface area (Å²) < 4.78 is 0. The first-order chi connectivity index (χ1) is 9.10. The molecule has 5 nitrogen and oxygen atoms in total. The highest BCUT2D eigenvalue weighted by atomic mass is 16.4. The number of carboxylic acid groups (broad SMARTS) is 1. The van der Waals surface area contributed by atoms with Gasteiger partial charge in [0.25, 0.3) is 0 Å². The fraction of sp³-hybridized carbons (Fsp3) is 0.214. The van der Waals surface area contributed by atoms with Gasteiger partial charge in [-0.15, -0.1) is 0 Å². The molecule has 1 aromatic carbocycles. The Morgan fingerprint density at radius 1 is 1.32 bits per heavy atom. The van der Waals surface area contributed by atoms with Crippen molar-refractivity contribution in [1.82, 2.24) is 9.97 Å². The number of aryl methyl sites for hydroxylation is 1. The number of aromatic nitrogens is 2. The number of hydrogen-bond acceptors (Lipinski definition) is 4. The van der Waals surface area contributed by atoms with Gasteiger partial charge >= 0.3 is 5.97 Å². The number of aromatic carboxylic acids is 1. The van der Waals surface area contributed by atoms with E-state index in [1.165, 1.54) is 6.07 Å². The van der Waals surface area contributed by atoms with Gasteiger partial charge in [-0.05, 0) is 19.9 Å². The van der Waals surface area contributed by atoms with E-state index in [1.54, 1.807) is 0 Å². The van der Waals surface area contributed by atoms with Gasteiger partial charge < -0.3 is 10.4 Å². The van der Waals surface area contributed by atoms with E-state index >= 15 is 0 Å². The zero-order valence-electron chi connectivity index (χ0n) is 10.8. The third-order valence-corrected chi connectivity index (χ3v) is 2.58. The lowest BCUT2D eigenvalue weighted by molar-refractivity contribution is 0.0690.